The van der Waals surface area contributed by atoms with E-state index < -0.39 is 0 Å². The lowest BCUT2D eigenvalue weighted by Crippen LogP contribution is -2.25. The minimum Gasteiger partial charge on any atom is -0.392 e. The number of para-hydroxylation sites is 1. The molecule has 1 aromatic rings. The summed E-state index contributed by atoms with van der Waals surface area (Å²) in [5.74, 6) is 0. The average Bonchev–Trinajstić information content (AvgIpc) is 2.37. The molecule has 3 nitrogen and oxygen atoms in total. The van der Waals surface area contributed by atoms with Crippen LogP contribution in [-0.4, -0.2) is 24.9 Å². The molecule has 0 heterocycles. The predicted octanol–water partition coefficient (Wildman–Crippen LogP) is 2.80. The van der Waals surface area contributed by atoms with Gasteiger partial charge in [-0.15, -0.1) is 0 Å². The number of ether oxygens (including phenoxy) is 1. The Kier molecular flexibility index (Phi) is 6.67. The van der Waals surface area contributed by atoms with Gasteiger partial charge in [-0.25, -0.2) is 0 Å². The van der Waals surface area contributed by atoms with Gasteiger partial charge in [0, 0.05) is 24.4 Å². The van der Waals surface area contributed by atoms with E-state index in [9.17, 15) is 5.11 Å². The second-order valence-corrected chi connectivity index (χ2v) is 4.25. The highest BCUT2D eigenvalue weighted by molar-refractivity contribution is 5.51. The summed E-state index contributed by atoms with van der Waals surface area (Å²) in [6, 6.07) is 8.17. The fraction of sp³-hybridized carbons (Fsp3) is 0.571. The Balaban J connectivity index is 2.63. The van der Waals surface area contributed by atoms with E-state index in [1.807, 2.05) is 24.3 Å². The molecule has 2 N–H and O–H groups in total. The van der Waals surface area contributed by atoms with Crippen LogP contribution in [0.4, 0.5) is 5.69 Å². The molecule has 0 aliphatic rings. The van der Waals surface area contributed by atoms with Crippen molar-refractivity contribution in [1.82, 2.24) is 0 Å². The number of anilines is 1. The van der Waals surface area contributed by atoms with Crippen molar-refractivity contribution in [3.8, 4) is 0 Å². The van der Waals surface area contributed by atoms with Crippen LogP contribution in [0.1, 0.15) is 31.7 Å². The Morgan fingerprint density at radius 1 is 1.35 bits per heavy atom. The molecule has 1 atom stereocenters. The van der Waals surface area contributed by atoms with Gasteiger partial charge in [0.2, 0.25) is 0 Å². The highest BCUT2D eigenvalue weighted by Crippen LogP contribution is 2.17. The highest BCUT2D eigenvalue weighted by atomic mass is 16.5. The minimum absolute atomic E-state index is 0.0661. The first-order chi connectivity index (χ1) is 8.31. The number of nitrogens with one attached hydrogen (secondary N) is 1. The largest absolute Gasteiger partial charge is 0.392 e. The Morgan fingerprint density at radius 2 is 2.12 bits per heavy atom. The first-order valence-electron chi connectivity index (χ1n) is 6.26. The van der Waals surface area contributed by atoms with Gasteiger partial charge in [-0.1, -0.05) is 38.0 Å². The number of aliphatic hydroxyl groups excluding tert-OH is 1. The molecule has 1 aromatic carbocycles. The van der Waals surface area contributed by atoms with Crippen LogP contribution in [0, 0.1) is 0 Å². The third-order valence-corrected chi connectivity index (χ3v) is 2.82. The summed E-state index contributed by atoms with van der Waals surface area (Å²) in [4.78, 5) is 0. The van der Waals surface area contributed by atoms with Gasteiger partial charge in [-0.05, 0) is 12.5 Å². The third-order valence-electron chi connectivity index (χ3n) is 2.82. The number of benzene rings is 1. The molecular formula is C14H23NO2. The smallest absolute Gasteiger partial charge is 0.0701 e. The zero-order chi connectivity index (χ0) is 12.5. The lowest BCUT2D eigenvalue weighted by molar-refractivity contribution is 0.182. The van der Waals surface area contributed by atoms with Gasteiger partial charge >= 0.3 is 0 Å². The molecule has 0 aromatic heterocycles. The second kappa shape index (κ2) is 8.09. The van der Waals surface area contributed by atoms with E-state index in [1.165, 1.54) is 12.8 Å². The quantitative estimate of drug-likeness (QED) is 0.730. The van der Waals surface area contributed by atoms with Crippen molar-refractivity contribution >= 4 is 5.69 Å². The van der Waals surface area contributed by atoms with E-state index in [0.29, 0.717) is 12.6 Å². The summed E-state index contributed by atoms with van der Waals surface area (Å²) in [6.07, 6.45) is 3.45. The van der Waals surface area contributed by atoms with Crippen LogP contribution < -0.4 is 5.32 Å². The maximum absolute atomic E-state index is 9.27. The van der Waals surface area contributed by atoms with Crippen molar-refractivity contribution in [1.29, 1.82) is 0 Å². The number of unbranched alkanes of at least 4 members (excludes halogenated alkanes) is 1. The molecular weight excluding hydrogens is 214 g/mol. The van der Waals surface area contributed by atoms with Gasteiger partial charge in [0.25, 0.3) is 0 Å². The van der Waals surface area contributed by atoms with E-state index in [0.717, 1.165) is 17.7 Å². The molecule has 0 saturated heterocycles. The number of aliphatic hydroxyl groups is 1. The summed E-state index contributed by atoms with van der Waals surface area (Å²) in [7, 11) is 1.72. The molecule has 0 radical (unpaired) electrons. The zero-order valence-electron chi connectivity index (χ0n) is 10.8. The number of hydrogen-bond donors (Lipinski definition) is 2. The van der Waals surface area contributed by atoms with Crippen molar-refractivity contribution in [3.05, 3.63) is 29.8 Å². The fourth-order valence-corrected chi connectivity index (χ4v) is 1.87. The summed E-state index contributed by atoms with van der Waals surface area (Å²) in [6.45, 7) is 2.95. The topological polar surface area (TPSA) is 41.5 Å². The van der Waals surface area contributed by atoms with Gasteiger partial charge in [0.05, 0.1) is 13.2 Å². The van der Waals surface area contributed by atoms with Crippen molar-refractivity contribution < 1.29 is 9.84 Å². The van der Waals surface area contributed by atoms with Crippen molar-refractivity contribution in [2.24, 2.45) is 0 Å². The van der Waals surface area contributed by atoms with Crippen LogP contribution in [0.3, 0.4) is 0 Å². The monoisotopic (exact) mass is 237 g/mol. The van der Waals surface area contributed by atoms with E-state index in [1.54, 1.807) is 7.11 Å². The molecule has 0 bridgehead atoms. The van der Waals surface area contributed by atoms with E-state index in [2.05, 4.69) is 12.2 Å². The summed E-state index contributed by atoms with van der Waals surface area (Å²) >= 11 is 0. The summed E-state index contributed by atoms with van der Waals surface area (Å²) in [5.41, 5.74) is 1.94. The maximum Gasteiger partial charge on any atom is 0.0701 e. The van der Waals surface area contributed by atoms with Gasteiger partial charge < -0.3 is 15.2 Å². The van der Waals surface area contributed by atoms with Crippen LogP contribution in [-0.2, 0) is 11.3 Å². The maximum atomic E-state index is 9.27. The third kappa shape index (κ3) is 4.75. The fourth-order valence-electron chi connectivity index (χ4n) is 1.87. The molecule has 1 rings (SSSR count). The number of methoxy groups -OCH3 is 1. The van der Waals surface area contributed by atoms with Crippen LogP contribution in [0.2, 0.25) is 0 Å². The Morgan fingerprint density at radius 3 is 2.76 bits per heavy atom. The SMILES string of the molecule is CCCCC(COC)Nc1ccccc1CO. The van der Waals surface area contributed by atoms with Crippen molar-refractivity contribution in [3.63, 3.8) is 0 Å². The molecule has 0 aliphatic carbocycles. The molecule has 96 valence electrons. The highest BCUT2D eigenvalue weighted by Gasteiger charge is 2.09. The number of hydrogen-bond acceptors (Lipinski definition) is 3. The molecule has 1 unspecified atom stereocenters. The molecule has 17 heavy (non-hydrogen) atoms. The van der Waals surface area contributed by atoms with E-state index >= 15 is 0 Å². The summed E-state index contributed by atoms with van der Waals surface area (Å²) in [5, 5.41) is 12.7. The Labute approximate surface area is 104 Å². The lowest BCUT2D eigenvalue weighted by atomic mass is 10.1. The molecule has 0 spiro atoms. The summed E-state index contributed by atoms with van der Waals surface area (Å²) < 4.78 is 5.22. The lowest BCUT2D eigenvalue weighted by Gasteiger charge is -2.20. The van der Waals surface area contributed by atoms with Crippen LogP contribution in [0.5, 0.6) is 0 Å². The molecule has 0 fully saturated rings. The van der Waals surface area contributed by atoms with Crippen LogP contribution >= 0.6 is 0 Å². The van der Waals surface area contributed by atoms with Gasteiger partial charge in [-0.2, -0.15) is 0 Å². The second-order valence-electron chi connectivity index (χ2n) is 4.25. The predicted molar refractivity (Wildman–Crippen MR) is 71.2 cm³/mol. The Hall–Kier alpha value is -1.06. The minimum atomic E-state index is 0.0661. The van der Waals surface area contributed by atoms with Crippen molar-refractivity contribution in [2.45, 2.75) is 38.8 Å². The number of rotatable bonds is 8. The van der Waals surface area contributed by atoms with E-state index in [-0.39, 0.29) is 6.61 Å². The average molecular weight is 237 g/mol. The van der Waals surface area contributed by atoms with Gasteiger partial charge in [0.15, 0.2) is 0 Å². The Bertz CT molecular complexity index is 315. The standard InChI is InChI=1S/C14H23NO2/c1-3-4-8-13(11-17-2)15-14-9-6-5-7-12(14)10-16/h5-7,9,13,15-16H,3-4,8,10-11H2,1-2H3. The van der Waals surface area contributed by atoms with E-state index in [4.69, 9.17) is 4.74 Å². The normalized spacial score (nSPS) is 12.4. The first kappa shape index (κ1) is 14.0. The van der Waals surface area contributed by atoms with Gasteiger partial charge in [0.1, 0.15) is 0 Å². The molecule has 0 aliphatic heterocycles. The molecule has 0 amide bonds. The van der Waals surface area contributed by atoms with Crippen molar-refractivity contribution in [2.75, 3.05) is 19.0 Å². The van der Waals surface area contributed by atoms with Gasteiger partial charge in [-0.3, -0.25) is 0 Å². The zero-order valence-corrected chi connectivity index (χ0v) is 10.8. The molecule has 0 saturated carbocycles. The first-order valence-corrected chi connectivity index (χ1v) is 6.26. The van der Waals surface area contributed by atoms with Crippen LogP contribution in [0.25, 0.3) is 0 Å². The van der Waals surface area contributed by atoms with Crippen LogP contribution in [0.15, 0.2) is 24.3 Å². The molecule has 3 heteroatoms.